The zero-order chi connectivity index (χ0) is 10.7. The molecule has 1 fully saturated rings. The van der Waals surface area contributed by atoms with Crippen molar-refractivity contribution in [3.8, 4) is 0 Å². The average Bonchev–Trinajstić information content (AvgIpc) is 2.30. The molecule has 1 atom stereocenters. The molecule has 1 unspecified atom stereocenters. The second-order valence-electron chi connectivity index (χ2n) is 4.10. The van der Waals surface area contributed by atoms with Crippen molar-refractivity contribution in [3.63, 3.8) is 0 Å². The van der Waals surface area contributed by atoms with Crippen LogP contribution in [0.5, 0.6) is 0 Å². The van der Waals surface area contributed by atoms with Crippen LogP contribution in [-0.2, 0) is 5.54 Å². The van der Waals surface area contributed by atoms with Gasteiger partial charge in [0.2, 0.25) is 0 Å². The molecule has 2 nitrogen and oxygen atoms in total. The predicted molar refractivity (Wildman–Crippen MR) is 57.0 cm³/mol. The molecular weight excluding hydrogens is 193 g/mol. The van der Waals surface area contributed by atoms with Crippen molar-refractivity contribution in [3.05, 3.63) is 35.6 Å². The summed E-state index contributed by atoms with van der Waals surface area (Å²) < 4.78 is 13.7. The summed E-state index contributed by atoms with van der Waals surface area (Å²) in [6, 6.07) is 6.69. The Hall–Kier alpha value is -0.930. The molecule has 1 saturated heterocycles. The van der Waals surface area contributed by atoms with Crippen LogP contribution in [0.15, 0.2) is 24.3 Å². The number of hydrogen-bond donors (Lipinski definition) is 2. The molecule has 0 radical (unpaired) electrons. The van der Waals surface area contributed by atoms with Gasteiger partial charge in [-0.3, -0.25) is 0 Å². The molecule has 82 valence electrons. The maximum atomic E-state index is 13.7. The van der Waals surface area contributed by atoms with Gasteiger partial charge in [-0.25, -0.2) is 4.39 Å². The Labute approximate surface area is 89.1 Å². The third kappa shape index (κ3) is 1.90. The summed E-state index contributed by atoms with van der Waals surface area (Å²) in [5, 5.41) is 12.7. The van der Waals surface area contributed by atoms with Gasteiger partial charge in [0.1, 0.15) is 5.82 Å². The number of rotatable bonds is 2. The molecule has 0 aliphatic carbocycles. The first-order valence-corrected chi connectivity index (χ1v) is 5.39. The maximum Gasteiger partial charge on any atom is 0.128 e. The molecule has 0 spiro atoms. The molecule has 0 saturated carbocycles. The first kappa shape index (κ1) is 10.6. The monoisotopic (exact) mass is 209 g/mol. The van der Waals surface area contributed by atoms with E-state index in [1.54, 1.807) is 12.1 Å². The average molecular weight is 209 g/mol. The fourth-order valence-electron chi connectivity index (χ4n) is 2.27. The largest absolute Gasteiger partial charge is 0.394 e. The molecule has 15 heavy (non-hydrogen) atoms. The first-order valence-electron chi connectivity index (χ1n) is 5.39. The zero-order valence-corrected chi connectivity index (χ0v) is 8.67. The Bertz CT molecular complexity index is 334. The number of aliphatic hydroxyl groups is 1. The summed E-state index contributed by atoms with van der Waals surface area (Å²) in [6.45, 7) is 0.794. The van der Waals surface area contributed by atoms with E-state index in [0.717, 1.165) is 25.8 Å². The first-order chi connectivity index (χ1) is 7.28. The Kier molecular flexibility index (Phi) is 3.03. The van der Waals surface area contributed by atoms with Crippen molar-refractivity contribution in [1.82, 2.24) is 5.32 Å². The molecule has 1 aliphatic rings. The minimum absolute atomic E-state index is 0.0477. The summed E-state index contributed by atoms with van der Waals surface area (Å²) in [5.41, 5.74) is 0.0241. The van der Waals surface area contributed by atoms with Gasteiger partial charge in [-0.05, 0) is 31.9 Å². The number of benzene rings is 1. The van der Waals surface area contributed by atoms with Crippen LogP contribution in [-0.4, -0.2) is 18.3 Å². The lowest BCUT2D eigenvalue weighted by Crippen LogP contribution is -2.49. The minimum Gasteiger partial charge on any atom is -0.394 e. The topological polar surface area (TPSA) is 32.3 Å². The van der Waals surface area contributed by atoms with Gasteiger partial charge < -0.3 is 10.4 Å². The van der Waals surface area contributed by atoms with Crippen molar-refractivity contribution in [2.75, 3.05) is 13.2 Å². The van der Waals surface area contributed by atoms with Crippen LogP contribution >= 0.6 is 0 Å². The summed E-state index contributed by atoms with van der Waals surface area (Å²) in [7, 11) is 0. The van der Waals surface area contributed by atoms with Crippen molar-refractivity contribution < 1.29 is 9.50 Å². The third-order valence-corrected chi connectivity index (χ3v) is 3.15. The van der Waals surface area contributed by atoms with Gasteiger partial charge in [-0.1, -0.05) is 18.2 Å². The van der Waals surface area contributed by atoms with Gasteiger partial charge in [-0.2, -0.15) is 0 Å². The van der Waals surface area contributed by atoms with E-state index in [4.69, 9.17) is 0 Å². The van der Waals surface area contributed by atoms with Gasteiger partial charge in [0.05, 0.1) is 12.1 Å². The Morgan fingerprint density at radius 3 is 2.73 bits per heavy atom. The molecule has 1 aromatic carbocycles. The highest BCUT2D eigenvalue weighted by Gasteiger charge is 2.34. The second kappa shape index (κ2) is 4.29. The summed E-state index contributed by atoms with van der Waals surface area (Å²) in [6.07, 6.45) is 2.92. The highest BCUT2D eigenvalue weighted by atomic mass is 19.1. The van der Waals surface area contributed by atoms with E-state index >= 15 is 0 Å². The predicted octanol–water partition coefficient (Wildman–Crippen LogP) is 1.79. The van der Waals surface area contributed by atoms with Crippen LogP contribution in [0.3, 0.4) is 0 Å². The highest BCUT2D eigenvalue weighted by Crippen LogP contribution is 2.31. The van der Waals surface area contributed by atoms with Gasteiger partial charge in [0.25, 0.3) is 0 Å². The van der Waals surface area contributed by atoms with Crippen molar-refractivity contribution >= 4 is 0 Å². The molecule has 2 rings (SSSR count). The number of piperidine rings is 1. The number of nitrogens with one attached hydrogen (secondary N) is 1. The summed E-state index contributed by atoms with van der Waals surface area (Å²) >= 11 is 0. The quantitative estimate of drug-likeness (QED) is 0.778. The van der Waals surface area contributed by atoms with Crippen LogP contribution in [0.4, 0.5) is 4.39 Å². The fraction of sp³-hybridized carbons (Fsp3) is 0.500. The van der Waals surface area contributed by atoms with Crippen LogP contribution in [0, 0.1) is 5.82 Å². The van der Waals surface area contributed by atoms with Crippen LogP contribution in [0.1, 0.15) is 24.8 Å². The Balaban J connectivity index is 2.36. The molecule has 3 heteroatoms. The van der Waals surface area contributed by atoms with Crippen LogP contribution in [0.2, 0.25) is 0 Å². The fourth-order valence-corrected chi connectivity index (χ4v) is 2.27. The number of hydrogen-bond acceptors (Lipinski definition) is 2. The SMILES string of the molecule is OCC1(c2ccccc2F)CCCCN1. The van der Waals surface area contributed by atoms with Crippen molar-refractivity contribution in [2.45, 2.75) is 24.8 Å². The molecular formula is C12H16FNO. The van der Waals surface area contributed by atoms with E-state index in [9.17, 15) is 9.50 Å². The van der Waals surface area contributed by atoms with E-state index in [-0.39, 0.29) is 12.4 Å². The molecule has 0 bridgehead atoms. The molecule has 0 aromatic heterocycles. The van der Waals surface area contributed by atoms with Crippen molar-refractivity contribution in [2.24, 2.45) is 0 Å². The summed E-state index contributed by atoms with van der Waals surface area (Å²) in [4.78, 5) is 0. The smallest absolute Gasteiger partial charge is 0.128 e. The molecule has 1 heterocycles. The lowest BCUT2D eigenvalue weighted by atomic mass is 9.83. The van der Waals surface area contributed by atoms with E-state index in [2.05, 4.69) is 5.32 Å². The van der Waals surface area contributed by atoms with E-state index in [1.807, 2.05) is 6.07 Å². The molecule has 1 aliphatic heterocycles. The minimum atomic E-state index is -0.566. The normalized spacial score (nSPS) is 26.5. The van der Waals surface area contributed by atoms with Crippen LogP contribution in [0.25, 0.3) is 0 Å². The molecule has 0 amide bonds. The third-order valence-electron chi connectivity index (χ3n) is 3.15. The van der Waals surface area contributed by atoms with Gasteiger partial charge >= 0.3 is 0 Å². The zero-order valence-electron chi connectivity index (χ0n) is 8.67. The maximum absolute atomic E-state index is 13.7. The molecule has 2 N–H and O–H groups in total. The standard InChI is InChI=1S/C12H16FNO/c13-11-6-2-1-5-10(11)12(9-15)7-3-4-8-14-12/h1-2,5-6,14-15H,3-4,7-9H2. The van der Waals surface area contributed by atoms with Gasteiger partial charge in [0.15, 0.2) is 0 Å². The van der Waals surface area contributed by atoms with E-state index < -0.39 is 5.54 Å². The Morgan fingerprint density at radius 2 is 2.13 bits per heavy atom. The van der Waals surface area contributed by atoms with Gasteiger partial charge in [0, 0.05) is 5.56 Å². The van der Waals surface area contributed by atoms with E-state index in [1.165, 1.54) is 6.07 Å². The lowest BCUT2D eigenvalue weighted by Gasteiger charge is -2.37. The Morgan fingerprint density at radius 1 is 1.33 bits per heavy atom. The number of aliphatic hydroxyl groups excluding tert-OH is 1. The summed E-state index contributed by atoms with van der Waals surface area (Å²) in [5.74, 6) is -0.235. The second-order valence-corrected chi connectivity index (χ2v) is 4.10. The van der Waals surface area contributed by atoms with E-state index in [0.29, 0.717) is 5.56 Å². The molecule has 1 aromatic rings. The van der Waals surface area contributed by atoms with Gasteiger partial charge in [-0.15, -0.1) is 0 Å². The highest BCUT2D eigenvalue weighted by molar-refractivity contribution is 5.27. The number of halogens is 1. The lowest BCUT2D eigenvalue weighted by molar-refractivity contribution is 0.128. The van der Waals surface area contributed by atoms with Crippen LogP contribution < -0.4 is 5.32 Å². The van der Waals surface area contributed by atoms with Crippen molar-refractivity contribution in [1.29, 1.82) is 0 Å².